The van der Waals surface area contributed by atoms with Crippen molar-refractivity contribution < 1.29 is 22.7 Å². The predicted octanol–water partition coefficient (Wildman–Crippen LogP) is 4.41. The van der Waals surface area contributed by atoms with Gasteiger partial charge in [0.15, 0.2) is 17.1 Å². The van der Waals surface area contributed by atoms with E-state index in [1.54, 1.807) is 17.0 Å². The van der Waals surface area contributed by atoms with Gasteiger partial charge in [-0.05, 0) is 44.5 Å². The van der Waals surface area contributed by atoms with Crippen LogP contribution in [0.2, 0.25) is 0 Å². The molecule has 2 aromatic heterocycles. The Hall–Kier alpha value is -2.68. The lowest BCUT2D eigenvalue weighted by Crippen LogP contribution is -2.48. The molecule has 1 aromatic carbocycles. The van der Waals surface area contributed by atoms with E-state index in [0.717, 1.165) is 17.7 Å². The van der Waals surface area contributed by atoms with Gasteiger partial charge in [0.25, 0.3) is 0 Å². The smallest absolute Gasteiger partial charge is 0.387 e. The quantitative estimate of drug-likeness (QED) is 0.636. The molecule has 3 aromatic rings. The third-order valence-corrected chi connectivity index (χ3v) is 5.76. The van der Waals surface area contributed by atoms with Crippen molar-refractivity contribution in [1.29, 1.82) is 0 Å². The molecule has 30 heavy (non-hydrogen) atoms. The maximum Gasteiger partial charge on any atom is 0.416 e. The van der Waals surface area contributed by atoms with Gasteiger partial charge in [-0.2, -0.15) is 13.2 Å². The second-order valence-corrected chi connectivity index (χ2v) is 8.34. The monoisotopic (exact) mass is 422 g/mol. The summed E-state index contributed by atoms with van der Waals surface area (Å²) in [6.07, 6.45) is -2.83. The van der Waals surface area contributed by atoms with Crippen LogP contribution in [0.25, 0.3) is 16.9 Å². The van der Waals surface area contributed by atoms with Crippen molar-refractivity contribution >= 4 is 11.5 Å². The minimum Gasteiger partial charge on any atom is -0.387 e. The number of aromatic nitrogens is 3. The van der Waals surface area contributed by atoms with Crippen LogP contribution in [0.1, 0.15) is 31.4 Å². The summed E-state index contributed by atoms with van der Waals surface area (Å²) in [7, 11) is 0. The number of halogens is 4. The Morgan fingerprint density at radius 1 is 1.17 bits per heavy atom. The summed E-state index contributed by atoms with van der Waals surface area (Å²) in [5, 5.41) is 14.8. The average Bonchev–Trinajstić information content (AvgIpc) is 3.24. The Bertz CT molecular complexity index is 1100. The number of alkyl halides is 4. The molecule has 1 fully saturated rings. The van der Waals surface area contributed by atoms with E-state index in [1.807, 2.05) is 6.92 Å². The topological polar surface area (TPSA) is 53.7 Å². The SMILES string of the molecule is Cc1cc2ncc(-c3cccc(C(F)(F)F)c3)n2nc1N1CCC(F)(C(C)(C)O)C1. The van der Waals surface area contributed by atoms with Crippen molar-refractivity contribution in [3.8, 4) is 11.3 Å². The number of rotatable bonds is 3. The first-order valence-electron chi connectivity index (χ1n) is 9.58. The number of nitrogens with zero attached hydrogens (tertiary/aromatic N) is 4. The van der Waals surface area contributed by atoms with E-state index in [4.69, 9.17) is 0 Å². The summed E-state index contributed by atoms with van der Waals surface area (Å²) >= 11 is 0. The first kappa shape index (κ1) is 20.6. The summed E-state index contributed by atoms with van der Waals surface area (Å²) in [5.41, 5.74) is -2.05. The van der Waals surface area contributed by atoms with Gasteiger partial charge in [-0.1, -0.05) is 12.1 Å². The van der Waals surface area contributed by atoms with Crippen LogP contribution in [-0.2, 0) is 6.18 Å². The van der Waals surface area contributed by atoms with E-state index in [0.29, 0.717) is 29.3 Å². The normalized spacial score (nSPS) is 20.3. The number of aliphatic hydroxyl groups is 1. The highest BCUT2D eigenvalue weighted by atomic mass is 19.4. The standard InChI is InChI=1S/C21H22F4N4O/c1-13-9-17-26-11-16(14-5-4-6-15(10-14)21(23,24)25)29(17)27-18(13)28-8-7-20(22,12-28)19(2,3)30/h4-6,9-11,30H,7-8,12H2,1-3H3. The summed E-state index contributed by atoms with van der Waals surface area (Å²) < 4.78 is 56.0. The zero-order chi connectivity index (χ0) is 21.9. The molecular weight excluding hydrogens is 400 g/mol. The number of fused-ring (bicyclic) bond motifs is 1. The molecule has 1 aliphatic rings. The molecule has 1 saturated heterocycles. The second kappa shape index (κ2) is 6.66. The second-order valence-electron chi connectivity index (χ2n) is 8.34. The molecule has 0 amide bonds. The molecule has 1 aliphatic heterocycles. The molecule has 0 saturated carbocycles. The lowest BCUT2D eigenvalue weighted by Gasteiger charge is -2.33. The molecule has 3 heterocycles. The van der Waals surface area contributed by atoms with Gasteiger partial charge in [0.05, 0.1) is 29.6 Å². The molecule has 5 nitrogen and oxygen atoms in total. The molecule has 1 atom stereocenters. The van der Waals surface area contributed by atoms with Crippen molar-refractivity contribution in [2.75, 3.05) is 18.0 Å². The van der Waals surface area contributed by atoms with Gasteiger partial charge in [-0.25, -0.2) is 13.9 Å². The number of hydrogen-bond donors (Lipinski definition) is 1. The number of imidazole rings is 1. The number of benzene rings is 1. The van der Waals surface area contributed by atoms with Gasteiger partial charge in [-0.3, -0.25) is 0 Å². The molecule has 1 unspecified atom stereocenters. The van der Waals surface area contributed by atoms with E-state index in [1.165, 1.54) is 30.6 Å². The van der Waals surface area contributed by atoms with Gasteiger partial charge in [0.2, 0.25) is 0 Å². The van der Waals surface area contributed by atoms with Crippen molar-refractivity contribution in [3.05, 3.63) is 47.7 Å². The third-order valence-electron chi connectivity index (χ3n) is 5.76. The van der Waals surface area contributed by atoms with Crippen molar-refractivity contribution in [2.24, 2.45) is 0 Å². The molecule has 9 heteroatoms. The highest BCUT2D eigenvalue weighted by molar-refractivity contribution is 5.66. The van der Waals surface area contributed by atoms with E-state index < -0.39 is 23.0 Å². The summed E-state index contributed by atoms with van der Waals surface area (Å²) in [5.74, 6) is 0.512. The lowest BCUT2D eigenvalue weighted by molar-refractivity contribution is -0.137. The van der Waals surface area contributed by atoms with Crippen LogP contribution in [0.4, 0.5) is 23.4 Å². The minimum atomic E-state index is -4.46. The Labute approximate surface area is 171 Å². The summed E-state index contributed by atoms with van der Waals surface area (Å²) in [4.78, 5) is 6.02. The van der Waals surface area contributed by atoms with Crippen LogP contribution < -0.4 is 4.90 Å². The number of aryl methyl sites for hydroxylation is 1. The molecular formula is C21H22F4N4O. The van der Waals surface area contributed by atoms with Crippen LogP contribution in [0.5, 0.6) is 0 Å². The summed E-state index contributed by atoms with van der Waals surface area (Å²) in [6.45, 7) is 5.06. The minimum absolute atomic E-state index is 0.0244. The highest BCUT2D eigenvalue weighted by Gasteiger charge is 2.50. The van der Waals surface area contributed by atoms with Crippen LogP contribution in [0.3, 0.4) is 0 Å². The maximum atomic E-state index is 15.2. The fourth-order valence-corrected chi connectivity index (χ4v) is 3.81. The zero-order valence-corrected chi connectivity index (χ0v) is 16.8. The van der Waals surface area contributed by atoms with E-state index in [2.05, 4.69) is 10.1 Å². The van der Waals surface area contributed by atoms with Crippen LogP contribution in [0, 0.1) is 6.92 Å². The van der Waals surface area contributed by atoms with E-state index in [9.17, 15) is 18.3 Å². The van der Waals surface area contributed by atoms with E-state index in [-0.39, 0.29) is 13.0 Å². The molecule has 0 aliphatic carbocycles. The molecule has 160 valence electrons. The maximum absolute atomic E-state index is 15.2. The van der Waals surface area contributed by atoms with Crippen molar-refractivity contribution in [3.63, 3.8) is 0 Å². The molecule has 0 spiro atoms. The average molecular weight is 422 g/mol. The van der Waals surface area contributed by atoms with Gasteiger partial charge in [0.1, 0.15) is 0 Å². The van der Waals surface area contributed by atoms with Crippen LogP contribution in [-0.4, -0.2) is 44.1 Å². The highest BCUT2D eigenvalue weighted by Crippen LogP contribution is 2.38. The van der Waals surface area contributed by atoms with Crippen molar-refractivity contribution in [1.82, 2.24) is 14.6 Å². The van der Waals surface area contributed by atoms with Gasteiger partial charge in [0, 0.05) is 18.5 Å². The molecule has 4 rings (SSSR count). The zero-order valence-electron chi connectivity index (χ0n) is 16.8. The molecule has 0 bridgehead atoms. The fraction of sp³-hybridized carbons (Fsp3) is 0.429. The lowest BCUT2D eigenvalue weighted by atomic mass is 9.87. The van der Waals surface area contributed by atoms with E-state index >= 15 is 4.39 Å². The summed E-state index contributed by atoms with van der Waals surface area (Å²) in [6, 6.07) is 6.74. The Balaban J connectivity index is 1.76. The van der Waals surface area contributed by atoms with Gasteiger partial charge >= 0.3 is 6.18 Å². The van der Waals surface area contributed by atoms with Gasteiger partial charge < -0.3 is 10.0 Å². The van der Waals surface area contributed by atoms with Crippen LogP contribution >= 0.6 is 0 Å². The third kappa shape index (κ3) is 3.40. The first-order valence-corrected chi connectivity index (χ1v) is 9.58. The fourth-order valence-electron chi connectivity index (χ4n) is 3.81. The molecule has 1 N–H and O–H groups in total. The Morgan fingerprint density at radius 3 is 2.53 bits per heavy atom. The molecule has 0 radical (unpaired) electrons. The number of hydrogen-bond acceptors (Lipinski definition) is 4. The van der Waals surface area contributed by atoms with Gasteiger partial charge in [-0.15, -0.1) is 5.10 Å². The largest absolute Gasteiger partial charge is 0.416 e. The Morgan fingerprint density at radius 2 is 1.90 bits per heavy atom. The number of anilines is 1. The van der Waals surface area contributed by atoms with Crippen molar-refractivity contribution in [2.45, 2.75) is 44.6 Å². The Kier molecular flexibility index (Phi) is 4.57. The predicted molar refractivity (Wildman–Crippen MR) is 105 cm³/mol. The first-order chi connectivity index (χ1) is 13.9. The van der Waals surface area contributed by atoms with Crippen LogP contribution in [0.15, 0.2) is 36.5 Å².